The summed E-state index contributed by atoms with van der Waals surface area (Å²) in [7, 11) is -2.09. The molecule has 1 radical (unpaired) electrons. The van der Waals surface area contributed by atoms with Crippen molar-refractivity contribution in [2.24, 2.45) is 5.92 Å². The summed E-state index contributed by atoms with van der Waals surface area (Å²) in [5.74, 6) is 0.173. The number of esters is 1. The average molecular weight is 533 g/mol. The Morgan fingerprint density at radius 1 is 1.41 bits per heavy atom. The standard InChI is InChI=1S/C22H35N3O5Si.CO.Fe/c1-8-28-20(26)10-9-16-13-19(25-12-11-18(23)24-21(25)27)30-17(16)14-29-31(6,7)22(4,5)15(2)3;1-2;/h9-13,15,17,19H,8,14H2,1-7H3,(H2,23,24,27);;/q;;+3/b10-9+;;/t17-,19-;;/m1../s1. The molecule has 0 saturated heterocycles. The number of nitrogens with two attached hydrogens (primary N) is 1. The van der Waals surface area contributed by atoms with E-state index in [1.165, 1.54) is 16.7 Å². The first kappa shape index (κ1) is 32.0. The van der Waals surface area contributed by atoms with Crippen molar-refractivity contribution >= 4 is 20.1 Å². The molecule has 0 bridgehead atoms. The number of rotatable bonds is 9. The predicted octanol–water partition coefficient (Wildman–Crippen LogP) is 3.39. The number of ether oxygens (including phenoxy) is 2. The minimum absolute atomic E-state index is 0. The smallest absolute Gasteiger partial charge is 3.00 e. The number of hydrogen-bond acceptors (Lipinski definition) is 7. The molecule has 9 nitrogen and oxygen atoms in total. The van der Waals surface area contributed by atoms with Crippen molar-refractivity contribution in [2.45, 2.75) is 65.1 Å². The van der Waals surface area contributed by atoms with Crippen molar-refractivity contribution in [3.8, 4) is 0 Å². The maximum atomic E-state index is 12.3. The summed E-state index contributed by atoms with van der Waals surface area (Å²) in [6.07, 6.45) is 5.24. The van der Waals surface area contributed by atoms with Gasteiger partial charge in [-0.05, 0) is 54.8 Å². The van der Waals surface area contributed by atoms with Gasteiger partial charge in [0.2, 0.25) is 0 Å². The number of nitrogen functional groups attached to an aromatic ring is 1. The molecule has 11 heteroatoms. The van der Waals surface area contributed by atoms with Crippen molar-refractivity contribution in [3.63, 3.8) is 0 Å². The quantitative estimate of drug-likeness (QED) is 0.170. The number of hydrogen-bond donors (Lipinski definition) is 1. The second-order valence-electron chi connectivity index (χ2n) is 9.01. The maximum Gasteiger partial charge on any atom is 3.00 e. The molecular weight excluding hydrogens is 498 g/mol. The van der Waals surface area contributed by atoms with Gasteiger partial charge in [0.1, 0.15) is 11.9 Å². The van der Waals surface area contributed by atoms with Crippen molar-refractivity contribution in [2.75, 3.05) is 18.9 Å². The third-order valence-corrected chi connectivity index (χ3v) is 11.0. The number of anilines is 1. The summed E-state index contributed by atoms with van der Waals surface area (Å²) in [4.78, 5) is 27.8. The molecule has 0 fully saturated rings. The Kier molecular flexibility index (Phi) is 13.0. The Hall–Kier alpha value is -1.97. The van der Waals surface area contributed by atoms with Crippen LogP contribution < -0.4 is 11.4 Å². The van der Waals surface area contributed by atoms with E-state index in [1.807, 2.05) is 0 Å². The van der Waals surface area contributed by atoms with E-state index < -0.39 is 32.3 Å². The normalized spacial score (nSPS) is 18.1. The van der Waals surface area contributed by atoms with Crippen LogP contribution in [0.15, 0.2) is 40.9 Å². The predicted molar refractivity (Wildman–Crippen MR) is 127 cm³/mol. The van der Waals surface area contributed by atoms with Crippen molar-refractivity contribution in [3.05, 3.63) is 53.2 Å². The van der Waals surface area contributed by atoms with Gasteiger partial charge in [0, 0.05) is 12.3 Å². The number of carbonyl (C=O) groups excluding carboxylic acids is 1. The number of aromatic nitrogens is 2. The van der Waals surface area contributed by atoms with Gasteiger partial charge in [-0.3, -0.25) is 4.57 Å². The van der Waals surface area contributed by atoms with Gasteiger partial charge in [-0.25, -0.2) is 9.59 Å². The van der Waals surface area contributed by atoms with Gasteiger partial charge in [-0.1, -0.05) is 27.7 Å². The molecular formula is C23H35FeN3O6Si+3. The van der Waals surface area contributed by atoms with Crippen LogP contribution in [0.5, 0.6) is 0 Å². The summed E-state index contributed by atoms with van der Waals surface area (Å²) in [5.41, 5.74) is 5.83. The van der Waals surface area contributed by atoms with Gasteiger partial charge in [-0.2, -0.15) is 4.98 Å². The summed E-state index contributed by atoms with van der Waals surface area (Å²) in [6, 6.07) is 1.54. The topological polar surface area (TPSA) is 126 Å². The second-order valence-corrected chi connectivity index (χ2v) is 13.6. The van der Waals surface area contributed by atoms with E-state index in [4.69, 9.17) is 24.3 Å². The molecule has 0 unspecified atom stereocenters. The molecule has 1 aromatic heterocycles. The summed E-state index contributed by atoms with van der Waals surface area (Å²) >= 11 is 0. The maximum absolute atomic E-state index is 12.3. The Morgan fingerprint density at radius 3 is 2.56 bits per heavy atom. The molecule has 34 heavy (non-hydrogen) atoms. The molecule has 2 N–H and O–H groups in total. The van der Waals surface area contributed by atoms with Gasteiger partial charge in [0.05, 0.1) is 13.2 Å². The van der Waals surface area contributed by atoms with Crippen LogP contribution in [-0.2, 0) is 40.4 Å². The van der Waals surface area contributed by atoms with Crippen molar-refractivity contribution in [1.29, 1.82) is 0 Å². The first-order valence-corrected chi connectivity index (χ1v) is 13.7. The van der Waals surface area contributed by atoms with Crippen LogP contribution in [0.25, 0.3) is 0 Å². The molecule has 187 valence electrons. The number of nitrogens with zero attached hydrogens (tertiary/aromatic N) is 2. The van der Waals surface area contributed by atoms with Gasteiger partial charge in [0.15, 0.2) is 14.5 Å². The third-order valence-electron chi connectivity index (χ3n) is 6.43. The SMILES string of the molecule is CCOC(=O)/C=C/C1=C[C@H](n2ccc(N)nc2=O)O[C@@H]1CO[Si](C)(C)C(C)(C)C(C)C.[C-]#[O+].[Fe+3]. The van der Waals surface area contributed by atoms with Crippen molar-refractivity contribution in [1.82, 2.24) is 9.55 Å². The Labute approximate surface area is 213 Å². The van der Waals surface area contributed by atoms with Crippen LogP contribution in [0, 0.1) is 12.6 Å². The minimum atomic E-state index is -2.09. The Bertz CT molecular complexity index is 956. The van der Waals surface area contributed by atoms with E-state index >= 15 is 0 Å². The summed E-state index contributed by atoms with van der Waals surface area (Å²) in [5, 5.41) is 0.0491. The number of carbonyl (C=O) groups is 1. The van der Waals surface area contributed by atoms with Crippen LogP contribution in [0.4, 0.5) is 5.82 Å². The Balaban J connectivity index is 0.00000353. The van der Waals surface area contributed by atoms with E-state index in [9.17, 15) is 9.59 Å². The monoisotopic (exact) mass is 533 g/mol. The van der Waals surface area contributed by atoms with E-state index in [0.717, 1.165) is 5.57 Å². The van der Waals surface area contributed by atoms with Gasteiger partial charge >= 0.3 is 40.0 Å². The zero-order chi connectivity index (χ0) is 25.4. The second kappa shape index (κ2) is 13.8. The fraction of sp³-hybridized carbons (Fsp3) is 0.565. The van der Waals surface area contributed by atoms with Crippen LogP contribution in [0.3, 0.4) is 0 Å². The molecule has 0 saturated carbocycles. The Morgan fingerprint density at radius 2 is 2.03 bits per heavy atom. The van der Waals surface area contributed by atoms with Gasteiger partial charge in [0.25, 0.3) is 0 Å². The van der Waals surface area contributed by atoms with Crippen LogP contribution >= 0.6 is 0 Å². The first-order chi connectivity index (χ1) is 15.4. The van der Waals surface area contributed by atoms with Gasteiger partial charge in [-0.15, -0.1) is 0 Å². The van der Waals surface area contributed by atoms with E-state index in [0.29, 0.717) is 19.1 Å². The zero-order valence-corrected chi connectivity index (χ0v) is 22.9. The van der Waals surface area contributed by atoms with E-state index in [2.05, 4.69) is 52.4 Å². The molecule has 2 heterocycles. The van der Waals surface area contributed by atoms with Crippen LogP contribution in [0.2, 0.25) is 18.1 Å². The average Bonchev–Trinajstić information content (AvgIpc) is 3.15. The van der Waals surface area contributed by atoms with Crippen molar-refractivity contribution < 1.29 is 40.4 Å². The van der Waals surface area contributed by atoms with Crippen LogP contribution in [-0.4, -0.2) is 43.2 Å². The molecule has 1 aromatic rings. The summed E-state index contributed by atoms with van der Waals surface area (Å²) in [6.45, 7) is 20.1. The minimum Gasteiger partial charge on any atom is 3.00 e. The van der Waals surface area contributed by atoms with Crippen LogP contribution in [0.1, 0.15) is 40.8 Å². The van der Waals surface area contributed by atoms with E-state index in [-0.39, 0.29) is 27.9 Å². The molecule has 0 aliphatic carbocycles. The van der Waals surface area contributed by atoms with Gasteiger partial charge < -0.3 is 19.6 Å². The third kappa shape index (κ3) is 8.06. The molecule has 1 aliphatic rings. The fourth-order valence-electron chi connectivity index (χ4n) is 3.14. The molecule has 2 atom stereocenters. The molecule has 0 spiro atoms. The summed E-state index contributed by atoms with van der Waals surface area (Å²) < 4.78 is 26.4. The molecule has 0 amide bonds. The largest absolute Gasteiger partial charge is 3.00 e. The first-order valence-electron chi connectivity index (χ1n) is 10.8. The zero-order valence-electron chi connectivity index (χ0n) is 20.8. The molecule has 2 rings (SSSR count). The van der Waals surface area contributed by atoms with E-state index in [1.54, 1.807) is 25.3 Å². The fourth-order valence-corrected chi connectivity index (χ4v) is 5.47. The molecule has 0 aromatic carbocycles. The molecule has 1 aliphatic heterocycles.